The highest BCUT2D eigenvalue weighted by Crippen LogP contribution is 2.26. The summed E-state index contributed by atoms with van der Waals surface area (Å²) in [6, 6.07) is 17.9. The zero-order valence-electron chi connectivity index (χ0n) is 23.6. The minimum absolute atomic E-state index is 0.164. The first-order chi connectivity index (χ1) is 19.0. The molecular weight excluding hydrogens is 508 g/mol. The third kappa shape index (κ3) is 10.6. The maximum atomic E-state index is 12.7. The van der Waals surface area contributed by atoms with Crippen LogP contribution in [-0.2, 0) is 4.79 Å². The third-order valence-corrected chi connectivity index (χ3v) is 7.69. The number of hydrogen-bond donors (Lipinski definition) is 0. The highest BCUT2D eigenvalue weighted by atomic mass is 32.2. The minimum Gasteiger partial charge on any atom is -0.494 e. The molecule has 0 aliphatic heterocycles. The van der Waals surface area contributed by atoms with Crippen LogP contribution in [0.25, 0.3) is 10.8 Å². The van der Waals surface area contributed by atoms with E-state index in [1.54, 1.807) is 42.1 Å². The van der Waals surface area contributed by atoms with Crippen LogP contribution in [0.3, 0.4) is 0 Å². The summed E-state index contributed by atoms with van der Waals surface area (Å²) in [6.07, 6.45) is 10.1. The molecule has 0 spiro atoms. The topological polar surface area (TPSA) is 61.8 Å². The predicted octanol–water partition coefficient (Wildman–Crippen LogP) is 8.87. The number of benzene rings is 3. The monoisotopic (exact) mass is 550 g/mol. The van der Waals surface area contributed by atoms with Crippen LogP contribution in [0.5, 0.6) is 17.2 Å². The zero-order chi connectivity index (χ0) is 27.9. The van der Waals surface area contributed by atoms with Crippen LogP contribution < -0.4 is 14.2 Å². The van der Waals surface area contributed by atoms with E-state index in [0.29, 0.717) is 23.7 Å². The van der Waals surface area contributed by atoms with E-state index in [1.807, 2.05) is 37.3 Å². The number of carbonyl (C=O) groups excluding carboxylic acids is 2. The molecule has 5 nitrogen and oxygen atoms in total. The smallest absolute Gasteiger partial charge is 0.343 e. The second kappa shape index (κ2) is 16.9. The summed E-state index contributed by atoms with van der Waals surface area (Å²) >= 11 is 1.72. The molecule has 6 heteroatoms. The van der Waals surface area contributed by atoms with Crippen LogP contribution in [-0.4, -0.2) is 30.1 Å². The first kappa shape index (κ1) is 30.6. The second-order valence-electron chi connectivity index (χ2n) is 9.89. The fourth-order valence-electron chi connectivity index (χ4n) is 4.19. The molecule has 0 saturated carbocycles. The summed E-state index contributed by atoms with van der Waals surface area (Å²) in [5.41, 5.74) is 0.465. The molecule has 0 bridgehead atoms. The maximum Gasteiger partial charge on any atom is 0.343 e. The Morgan fingerprint density at radius 2 is 1.28 bits per heavy atom. The summed E-state index contributed by atoms with van der Waals surface area (Å²) in [7, 11) is 0. The van der Waals surface area contributed by atoms with Crippen molar-refractivity contribution < 1.29 is 23.8 Å². The fourth-order valence-corrected chi connectivity index (χ4v) is 4.91. The molecule has 0 N–H and O–H groups in total. The van der Waals surface area contributed by atoms with Gasteiger partial charge in [-0.1, -0.05) is 77.8 Å². The summed E-state index contributed by atoms with van der Waals surface area (Å²) in [6.45, 7) is 6.88. The Morgan fingerprint density at radius 1 is 0.718 bits per heavy atom. The Balaban J connectivity index is 1.45. The molecule has 39 heavy (non-hydrogen) atoms. The first-order valence-corrected chi connectivity index (χ1v) is 15.4. The SMILES string of the molecule is CCCCCCCCCCOc1ccc(C(=O)Oc2ccc3cc(OC(=O)[C@@H](C)CSCC)ccc3c2)cc1. The van der Waals surface area contributed by atoms with Crippen molar-refractivity contribution >= 4 is 34.5 Å². The Morgan fingerprint density at radius 3 is 1.90 bits per heavy atom. The van der Waals surface area contributed by atoms with Gasteiger partial charge in [0.05, 0.1) is 18.1 Å². The lowest BCUT2D eigenvalue weighted by Gasteiger charge is -2.11. The number of ether oxygens (including phenoxy) is 3. The number of carbonyl (C=O) groups is 2. The predicted molar refractivity (Wildman–Crippen MR) is 161 cm³/mol. The van der Waals surface area contributed by atoms with Crippen molar-refractivity contribution in [2.75, 3.05) is 18.1 Å². The van der Waals surface area contributed by atoms with Gasteiger partial charge in [0.2, 0.25) is 0 Å². The van der Waals surface area contributed by atoms with E-state index in [9.17, 15) is 9.59 Å². The van der Waals surface area contributed by atoms with Gasteiger partial charge in [-0.3, -0.25) is 4.79 Å². The van der Waals surface area contributed by atoms with Crippen molar-refractivity contribution in [3.63, 3.8) is 0 Å². The standard InChI is InChI=1S/C33H42O5S/c1-4-6-7-8-9-10-11-12-21-36-29-17-13-26(14-18-29)33(35)38-31-20-16-27-22-30(19-15-28(27)23-31)37-32(34)25(3)24-39-5-2/h13-20,22-23,25H,4-12,21,24H2,1-3H3/t25-/m0/s1. The summed E-state index contributed by atoms with van der Waals surface area (Å²) < 4.78 is 17.0. The molecular formula is C33H42O5S. The Bertz CT molecular complexity index is 1170. The second-order valence-corrected chi connectivity index (χ2v) is 11.2. The van der Waals surface area contributed by atoms with Crippen LogP contribution in [0.4, 0.5) is 0 Å². The number of fused-ring (bicyclic) bond motifs is 1. The largest absolute Gasteiger partial charge is 0.494 e. The number of esters is 2. The van der Waals surface area contributed by atoms with Gasteiger partial charge < -0.3 is 14.2 Å². The quantitative estimate of drug-likeness (QED) is 0.0950. The van der Waals surface area contributed by atoms with E-state index < -0.39 is 5.97 Å². The number of rotatable bonds is 17. The molecule has 3 rings (SSSR count). The Kier molecular flexibility index (Phi) is 13.2. The van der Waals surface area contributed by atoms with Crippen LogP contribution in [0, 0.1) is 5.92 Å². The highest BCUT2D eigenvalue weighted by molar-refractivity contribution is 7.99. The average molecular weight is 551 g/mol. The first-order valence-electron chi connectivity index (χ1n) is 14.3. The van der Waals surface area contributed by atoms with E-state index in [2.05, 4.69) is 13.8 Å². The zero-order valence-corrected chi connectivity index (χ0v) is 24.4. The molecule has 0 unspecified atom stereocenters. The van der Waals surface area contributed by atoms with E-state index >= 15 is 0 Å². The summed E-state index contributed by atoms with van der Waals surface area (Å²) in [5.74, 6) is 2.62. The van der Waals surface area contributed by atoms with E-state index in [0.717, 1.165) is 34.4 Å². The molecule has 0 heterocycles. The minimum atomic E-state index is -0.423. The summed E-state index contributed by atoms with van der Waals surface area (Å²) in [4.78, 5) is 25.0. The van der Waals surface area contributed by atoms with E-state index in [4.69, 9.17) is 14.2 Å². The Labute approximate surface area is 237 Å². The highest BCUT2D eigenvalue weighted by Gasteiger charge is 2.15. The molecule has 0 radical (unpaired) electrons. The lowest BCUT2D eigenvalue weighted by atomic mass is 10.1. The van der Waals surface area contributed by atoms with Gasteiger partial charge in [-0.25, -0.2) is 4.79 Å². The lowest BCUT2D eigenvalue weighted by Crippen LogP contribution is -2.19. The van der Waals surface area contributed by atoms with Crippen LogP contribution in [0.15, 0.2) is 60.7 Å². The van der Waals surface area contributed by atoms with Crippen LogP contribution in [0.2, 0.25) is 0 Å². The number of unbranched alkanes of at least 4 members (excludes halogenated alkanes) is 7. The molecule has 210 valence electrons. The van der Waals surface area contributed by atoms with Gasteiger partial charge in [0.15, 0.2) is 0 Å². The van der Waals surface area contributed by atoms with Gasteiger partial charge in [0.1, 0.15) is 17.2 Å². The van der Waals surface area contributed by atoms with Crippen molar-refractivity contribution in [3.8, 4) is 17.2 Å². The van der Waals surface area contributed by atoms with Gasteiger partial charge in [0, 0.05) is 5.75 Å². The van der Waals surface area contributed by atoms with Crippen molar-refractivity contribution in [1.82, 2.24) is 0 Å². The van der Waals surface area contributed by atoms with Crippen molar-refractivity contribution in [1.29, 1.82) is 0 Å². The molecule has 1 atom stereocenters. The molecule has 0 saturated heterocycles. The van der Waals surface area contributed by atoms with Gasteiger partial charge in [-0.2, -0.15) is 11.8 Å². The molecule has 0 amide bonds. The normalized spacial score (nSPS) is 11.8. The van der Waals surface area contributed by atoms with E-state index in [-0.39, 0.29) is 11.9 Å². The maximum absolute atomic E-state index is 12.7. The lowest BCUT2D eigenvalue weighted by molar-refractivity contribution is -0.137. The molecule has 0 aliphatic rings. The molecule has 0 aromatic heterocycles. The number of thioether (sulfide) groups is 1. The summed E-state index contributed by atoms with van der Waals surface area (Å²) in [5, 5.41) is 1.79. The van der Waals surface area contributed by atoms with Crippen molar-refractivity contribution in [2.24, 2.45) is 5.92 Å². The Hall–Kier alpha value is -2.99. The van der Waals surface area contributed by atoms with Crippen molar-refractivity contribution in [2.45, 2.75) is 72.1 Å². The van der Waals surface area contributed by atoms with Crippen LogP contribution in [0.1, 0.15) is 82.5 Å². The van der Waals surface area contributed by atoms with Crippen LogP contribution >= 0.6 is 11.8 Å². The van der Waals surface area contributed by atoms with Gasteiger partial charge in [0.25, 0.3) is 0 Å². The van der Waals surface area contributed by atoms with E-state index in [1.165, 1.54) is 44.9 Å². The molecule has 0 fully saturated rings. The number of hydrogen-bond acceptors (Lipinski definition) is 6. The fraction of sp³-hybridized carbons (Fsp3) is 0.455. The molecule has 3 aromatic rings. The van der Waals surface area contributed by atoms with Crippen molar-refractivity contribution in [3.05, 3.63) is 66.2 Å². The van der Waals surface area contributed by atoms with Gasteiger partial charge in [-0.05, 0) is 71.5 Å². The molecule has 3 aromatic carbocycles. The van der Waals surface area contributed by atoms with Gasteiger partial charge >= 0.3 is 11.9 Å². The third-order valence-electron chi connectivity index (χ3n) is 6.54. The average Bonchev–Trinajstić information content (AvgIpc) is 2.95. The van der Waals surface area contributed by atoms with Gasteiger partial charge in [-0.15, -0.1) is 0 Å². The molecule has 0 aliphatic carbocycles.